The van der Waals surface area contributed by atoms with E-state index in [9.17, 15) is 0 Å². The predicted molar refractivity (Wildman–Crippen MR) is 253 cm³/mol. The fourth-order valence-electron chi connectivity index (χ4n) is 10.2. The van der Waals surface area contributed by atoms with Crippen molar-refractivity contribution < 1.29 is 18.3 Å². The molecule has 0 unspecified atom stereocenters. The molecule has 0 fully saturated rings. The minimum absolute atomic E-state index is 0.108. The summed E-state index contributed by atoms with van der Waals surface area (Å²) in [6.45, 7) is 18.3. The van der Waals surface area contributed by atoms with Gasteiger partial charge in [0.05, 0.1) is 0 Å². The number of benzene rings is 6. The molecule has 0 nitrogen and oxygen atoms in total. The van der Waals surface area contributed by atoms with Gasteiger partial charge < -0.3 is 0 Å². The van der Waals surface area contributed by atoms with Gasteiger partial charge in [-0.05, 0) is 0 Å². The van der Waals surface area contributed by atoms with Crippen molar-refractivity contribution >= 4 is 60.4 Å². The van der Waals surface area contributed by atoms with Crippen LogP contribution in [-0.4, -0.2) is 4.21 Å². The molecule has 5 heteroatoms. The number of hydrogen-bond acceptors (Lipinski definition) is 0. The molecule has 0 atom stereocenters. The Hall–Kier alpha value is -3.29. The summed E-state index contributed by atoms with van der Waals surface area (Å²) in [5.41, 5.74) is 14.3. The zero-order valence-electron chi connectivity index (χ0n) is 34.7. The molecule has 2 aliphatic carbocycles. The van der Waals surface area contributed by atoms with Crippen molar-refractivity contribution in [1.82, 2.24) is 0 Å². The first-order chi connectivity index (χ1) is 27.3. The van der Waals surface area contributed by atoms with Gasteiger partial charge in [0.25, 0.3) is 0 Å². The van der Waals surface area contributed by atoms with E-state index in [1.54, 1.807) is 0 Å². The van der Waals surface area contributed by atoms with Crippen molar-refractivity contribution in [3.8, 4) is 33.4 Å². The van der Waals surface area contributed by atoms with Crippen LogP contribution in [0.15, 0.2) is 125 Å². The van der Waals surface area contributed by atoms with E-state index in [4.69, 9.17) is 50.6 Å². The molecule has 0 saturated carbocycles. The molecule has 0 amide bonds. The van der Waals surface area contributed by atoms with Crippen molar-refractivity contribution in [2.24, 2.45) is 0 Å². The van der Waals surface area contributed by atoms with Gasteiger partial charge in [-0.1, -0.05) is 0 Å². The quantitative estimate of drug-likeness (QED) is 0.156. The van der Waals surface area contributed by atoms with Crippen molar-refractivity contribution in [2.75, 3.05) is 0 Å². The minimum atomic E-state index is -5.72. The molecule has 0 aromatic heterocycles. The van der Waals surface area contributed by atoms with E-state index in [1.807, 2.05) is 12.1 Å². The topological polar surface area (TPSA) is 0 Å². The summed E-state index contributed by atoms with van der Waals surface area (Å²) in [4.78, 5) is 0. The van der Waals surface area contributed by atoms with E-state index in [0.717, 1.165) is 36.1 Å². The second kappa shape index (κ2) is 14.7. The normalized spacial score (nSPS) is 14.1. The summed E-state index contributed by atoms with van der Waals surface area (Å²) >= 11 is 23.3. The molecular weight excluding hydrogens is 870 g/mol. The first-order valence-electron chi connectivity index (χ1n) is 20.1. The van der Waals surface area contributed by atoms with E-state index in [1.165, 1.54) is 56.6 Å². The summed E-state index contributed by atoms with van der Waals surface area (Å²) in [6, 6.07) is 37.3. The molecule has 0 radical (unpaired) electrons. The van der Waals surface area contributed by atoms with Crippen LogP contribution in [0.4, 0.5) is 0 Å². The van der Waals surface area contributed by atoms with Crippen molar-refractivity contribution in [3.05, 3.63) is 178 Å². The number of allylic oxidation sites excluding steroid dienone is 4. The maximum atomic E-state index is 7.29. The molecule has 0 spiro atoms. The molecule has 0 bridgehead atoms. The average molecular weight is 920 g/mol. The first kappa shape index (κ1) is 41.4. The molecular formula is C53H50Cl4Zr. The molecule has 0 saturated heterocycles. The standard InChI is InChI=1S/C33H33.2C7H5Cl2.C5H5.CH2.Zr/c1-32(2,3)30-20-26-24(18-28(30)22-13-9-7-10-14-22)17-25-19-29(23-15-11-8-12-16-23)31(21-27(25)26)33(4,5)6;2*1-5-2-3-6(8)4-7(5)9;1-2-4-5-3-1;;/h7-16,18,20-21H,17H2,1-6H3;2*3-4H,1H3;1-3H,4H2;1H2;. The Kier molecular flexibility index (Phi) is 10.5. The monoisotopic (exact) mass is 916 g/mol. The van der Waals surface area contributed by atoms with E-state index in [0.29, 0.717) is 20.1 Å². The van der Waals surface area contributed by atoms with Gasteiger partial charge in [0.15, 0.2) is 0 Å². The maximum absolute atomic E-state index is 7.29. The fraction of sp³-hybridized carbons (Fsp3) is 0.226. The van der Waals surface area contributed by atoms with Crippen molar-refractivity contribution in [3.63, 3.8) is 0 Å². The van der Waals surface area contributed by atoms with Crippen LogP contribution in [0.1, 0.15) is 81.3 Å². The van der Waals surface area contributed by atoms with Crippen molar-refractivity contribution in [2.45, 2.75) is 79.1 Å². The number of rotatable bonds is 6. The first-order valence-corrected chi connectivity index (χ1v) is 28.3. The van der Waals surface area contributed by atoms with Crippen LogP contribution in [0.5, 0.6) is 0 Å². The summed E-state index contributed by atoms with van der Waals surface area (Å²) in [5, 5.41) is 2.42. The molecule has 0 heterocycles. The Bertz CT molecular complexity index is 2730. The van der Waals surface area contributed by atoms with Crippen LogP contribution >= 0.6 is 46.4 Å². The zero-order valence-corrected chi connectivity index (χ0v) is 40.2. The number of halogens is 4. The third kappa shape index (κ3) is 6.46. The van der Waals surface area contributed by atoms with Gasteiger partial charge in [0, 0.05) is 0 Å². The number of hydrogen-bond donors (Lipinski definition) is 0. The summed E-state index contributed by atoms with van der Waals surface area (Å²) < 4.78 is 10.7. The Morgan fingerprint density at radius 1 is 0.586 bits per heavy atom. The van der Waals surface area contributed by atoms with E-state index >= 15 is 0 Å². The summed E-state index contributed by atoms with van der Waals surface area (Å²) in [5.74, 6) is 0. The van der Waals surface area contributed by atoms with Gasteiger partial charge in [0.2, 0.25) is 0 Å². The predicted octanol–water partition coefficient (Wildman–Crippen LogP) is 14.7. The molecule has 0 aliphatic heterocycles. The van der Waals surface area contributed by atoms with Gasteiger partial charge in [-0.15, -0.1) is 0 Å². The van der Waals surface area contributed by atoms with Crippen LogP contribution in [0.25, 0.3) is 33.4 Å². The number of fused-ring (bicyclic) bond motifs is 3. The van der Waals surface area contributed by atoms with E-state index in [-0.39, 0.29) is 10.8 Å². The van der Waals surface area contributed by atoms with Crippen LogP contribution in [0.2, 0.25) is 20.1 Å². The van der Waals surface area contributed by atoms with Gasteiger partial charge in [-0.25, -0.2) is 0 Å². The van der Waals surface area contributed by atoms with Crippen molar-refractivity contribution in [1.29, 1.82) is 0 Å². The van der Waals surface area contributed by atoms with Gasteiger partial charge in [-0.2, -0.15) is 0 Å². The summed E-state index contributed by atoms with van der Waals surface area (Å²) in [6.07, 6.45) is 8.28. The third-order valence-electron chi connectivity index (χ3n) is 12.9. The third-order valence-corrected chi connectivity index (χ3v) is 31.0. The van der Waals surface area contributed by atoms with Crippen LogP contribution in [-0.2, 0) is 35.5 Å². The Balaban J connectivity index is 1.69. The van der Waals surface area contributed by atoms with E-state index in [2.05, 4.69) is 165 Å². The van der Waals surface area contributed by atoms with Crippen LogP contribution in [0.3, 0.4) is 0 Å². The molecule has 0 N–H and O–H groups in total. The molecule has 6 aromatic carbocycles. The average Bonchev–Trinajstić information content (AvgIpc) is 3.85. The van der Waals surface area contributed by atoms with Gasteiger partial charge in [-0.3, -0.25) is 0 Å². The van der Waals surface area contributed by atoms with Gasteiger partial charge >= 0.3 is 369 Å². The van der Waals surface area contributed by atoms with Crippen LogP contribution in [0, 0.1) is 13.8 Å². The molecule has 58 heavy (non-hydrogen) atoms. The Morgan fingerprint density at radius 2 is 1.10 bits per heavy atom. The zero-order chi connectivity index (χ0) is 41.6. The molecule has 2 aliphatic rings. The second-order valence-electron chi connectivity index (χ2n) is 18.6. The summed E-state index contributed by atoms with van der Waals surface area (Å²) in [7, 11) is 0. The Morgan fingerprint density at radius 3 is 1.60 bits per heavy atom. The van der Waals surface area contributed by atoms with Gasteiger partial charge in [0.1, 0.15) is 0 Å². The molecule has 294 valence electrons. The molecule has 6 aromatic rings. The fourth-order valence-corrected chi connectivity index (χ4v) is 30.4. The SMILES string of the molecule is [CH2]=[Zr]([C]1=CC=CC1)([c]1cc(Cl)cc(Cl)c1C)([c]1cc(Cl)cc(Cl)c1C)[c]1c2c(cc(C(C)(C)C)c1-c1ccccc1)-c1cc(C(C)(C)C)c(-c3ccccc3)cc1C2. The Labute approximate surface area is 366 Å². The second-order valence-corrected chi connectivity index (χ2v) is 32.9. The van der Waals surface area contributed by atoms with Crippen LogP contribution < -0.4 is 9.81 Å². The molecule has 8 rings (SSSR count). The van der Waals surface area contributed by atoms with E-state index < -0.39 is 18.3 Å².